The van der Waals surface area contributed by atoms with Gasteiger partial charge < -0.3 is 10.6 Å². The average Bonchev–Trinajstić information content (AvgIpc) is 3.18. The molecule has 2 aromatic heterocycles. The number of hydrogen-bond donors (Lipinski definition) is 2. The molecular formula is C21H16FN5O3S. The lowest BCUT2D eigenvalue weighted by Gasteiger charge is -2.17. The highest BCUT2D eigenvalue weighted by Gasteiger charge is 2.23. The van der Waals surface area contributed by atoms with Crippen LogP contribution in [0.15, 0.2) is 65.8 Å². The summed E-state index contributed by atoms with van der Waals surface area (Å²) < 4.78 is 41.1. The topological polar surface area (TPSA) is 106 Å². The van der Waals surface area contributed by atoms with Crippen molar-refractivity contribution in [2.24, 2.45) is 0 Å². The number of aromatic nitrogens is 3. The predicted octanol–water partition coefficient (Wildman–Crippen LogP) is 3.44. The summed E-state index contributed by atoms with van der Waals surface area (Å²) in [6, 6.07) is 12.2. The second kappa shape index (κ2) is 7.17. The van der Waals surface area contributed by atoms with E-state index in [1.165, 1.54) is 30.6 Å². The number of anilines is 3. The molecule has 1 amide bonds. The van der Waals surface area contributed by atoms with E-state index in [-0.39, 0.29) is 17.5 Å². The van der Waals surface area contributed by atoms with Gasteiger partial charge in [0.2, 0.25) is 11.9 Å². The second-order valence-electron chi connectivity index (χ2n) is 7.06. The van der Waals surface area contributed by atoms with Crippen molar-refractivity contribution in [1.82, 2.24) is 13.9 Å². The zero-order valence-electron chi connectivity index (χ0n) is 16.0. The van der Waals surface area contributed by atoms with Crippen LogP contribution in [0.25, 0.3) is 11.0 Å². The largest absolute Gasteiger partial charge is 0.326 e. The Hall–Kier alpha value is -3.79. The third-order valence-corrected chi connectivity index (χ3v) is 6.72. The Bertz CT molecular complexity index is 1450. The molecule has 8 nitrogen and oxygen atoms in total. The number of nitrogens with zero attached hydrogens (tertiary/aromatic N) is 3. The number of carbonyl (C=O) groups excluding carboxylic acids is 1. The Balaban J connectivity index is 1.51. The van der Waals surface area contributed by atoms with E-state index in [4.69, 9.17) is 0 Å². The van der Waals surface area contributed by atoms with Gasteiger partial charge in [0.15, 0.2) is 5.65 Å². The standard InChI is InChI=1S/C21H16FN5O3S/c22-16-3-1-2-4-18(16)31(29,30)27-10-9-14-12-23-21(26-20(14)27)24-15-6-7-17-13(11-15)5-8-19(28)25-17/h1-4,6-7,9-12H,5,8H2,(H,25,28)(H,23,24,26). The van der Waals surface area contributed by atoms with Gasteiger partial charge in [-0.05, 0) is 48.4 Å². The van der Waals surface area contributed by atoms with Crippen LogP contribution >= 0.6 is 0 Å². The van der Waals surface area contributed by atoms with Crippen molar-refractivity contribution in [1.29, 1.82) is 0 Å². The maximum absolute atomic E-state index is 14.1. The van der Waals surface area contributed by atoms with Crippen LogP contribution in [-0.4, -0.2) is 28.3 Å². The number of halogens is 1. The summed E-state index contributed by atoms with van der Waals surface area (Å²) in [6.45, 7) is 0. The van der Waals surface area contributed by atoms with E-state index >= 15 is 0 Å². The number of hydrogen-bond acceptors (Lipinski definition) is 6. The van der Waals surface area contributed by atoms with Gasteiger partial charge in [-0.3, -0.25) is 4.79 Å². The first-order valence-electron chi connectivity index (χ1n) is 9.46. The minimum atomic E-state index is -4.18. The molecule has 0 bridgehead atoms. The smallest absolute Gasteiger partial charge is 0.272 e. The summed E-state index contributed by atoms with van der Waals surface area (Å²) in [5, 5.41) is 6.38. The highest BCUT2D eigenvalue weighted by molar-refractivity contribution is 7.90. The lowest BCUT2D eigenvalue weighted by molar-refractivity contribution is -0.116. The normalized spacial score (nSPS) is 13.6. The van der Waals surface area contributed by atoms with Crippen LogP contribution in [0.3, 0.4) is 0 Å². The number of carbonyl (C=O) groups is 1. The van der Waals surface area contributed by atoms with Gasteiger partial charge in [-0.2, -0.15) is 4.98 Å². The quantitative estimate of drug-likeness (QED) is 0.507. The Kier molecular flexibility index (Phi) is 4.44. The lowest BCUT2D eigenvalue weighted by Crippen LogP contribution is -2.18. The molecule has 156 valence electrons. The summed E-state index contributed by atoms with van der Waals surface area (Å²) >= 11 is 0. The van der Waals surface area contributed by atoms with Crippen molar-refractivity contribution in [3.05, 3.63) is 72.3 Å². The Morgan fingerprint density at radius 3 is 2.77 bits per heavy atom. The molecule has 5 rings (SSSR count). The second-order valence-corrected chi connectivity index (χ2v) is 8.85. The van der Waals surface area contributed by atoms with Gasteiger partial charge in [0.05, 0.1) is 0 Å². The van der Waals surface area contributed by atoms with Gasteiger partial charge in [-0.25, -0.2) is 21.8 Å². The maximum atomic E-state index is 14.1. The summed E-state index contributed by atoms with van der Waals surface area (Å²) in [6.07, 6.45) is 3.86. The summed E-state index contributed by atoms with van der Waals surface area (Å²) in [4.78, 5) is 19.7. The summed E-state index contributed by atoms with van der Waals surface area (Å²) in [5.41, 5.74) is 2.58. The molecule has 3 heterocycles. The monoisotopic (exact) mass is 437 g/mol. The molecule has 0 aliphatic carbocycles. The predicted molar refractivity (Wildman–Crippen MR) is 113 cm³/mol. The SMILES string of the molecule is O=C1CCc2cc(Nc3ncc4ccn(S(=O)(=O)c5ccccc5F)c4n3)ccc2N1. The molecule has 1 aliphatic heterocycles. The van der Waals surface area contributed by atoms with Crippen LogP contribution < -0.4 is 10.6 Å². The van der Waals surface area contributed by atoms with Gasteiger partial charge >= 0.3 is 0 Å². The maximum Gasteiger partial charge on any atom is 0.272 e. The minimum absolute atomic E-state index is 0.0150. The van der Waals surface area contributed by atoms with Crippen molar-refractivity contribution in [3.8, 4) is 0 Å². The Morgan fingerprint density at radius 1 is 1.10 bits per heavy atom. The van der Waals surface area contributed by atoms with Crippen LogP contribution in [0.5, 0.6) is 0 Å². The molecule has 0 spiro atoms. The molecule has 0 unspecified atom stereocenters. The molecule has 0 fully saturated rings. The van der Waals surface area contributed by atoms with Crippen LogP contribution in [0.4, 0.5) is 21.7 Å². The molecule has 2 aromatic carbocycles. The molecular weight excluding hydrogens is 421 g/mol. The van der Waals surface area contributed by atoms with Gasteiger partial charge in [0.25, 0.3) is 10.0 Å². The molecule has 31 heavy (non-hydrogen) atoms. The molecule has 1 aliphatic rings. The molecule has 0 atom stereocenters. The van der Waals surface area contributed by atoms with Crippen molar-refractivity contribution in [2.75, 3.05) is 10.6 Å². The van der Waals surface area contributed by atoms with E-state index in [1.807, 2.05) is 6.07 Å². The fraction of sp³-hybridized carbons (Fsp3) is 0.0952. The van der Waals surface area contributed by atoms with Crippen molar-refractivity contribution >= 4 is 44.3 Å². The molecule has 0 saturated carbocycles. The van der Waals surface area contributed by atoms with E-state index in [9.17, 15) is 17.6 Å². The highest BCUT2D eigenvalue weighted by atomic mass is 32.2. The average molecular weight is 437 g/mol. The van der Waals surface area contributed by atoms with Crippen LogP contribution in [-0.2, 0) is 21.2 Å². The van der Waals surface area contributed by atoms with Crippen LogP contribution in [0.2, 0.25) is 0 Å². The van der Waals surface area contributed by atoms with Crippen molar-refractivity contribution in [3.63, 3.8) is 0 Å². The van der Waals surface area contributed by atoms with E-state index in [0.717, 1.165) is 21.3 Å². The summed E-state index contributed by atoms with van der Waals surface area (Å²) in [7, 11) is -4.18. The van der Waals surface area contributed by atoms with Gasteiger partial charge in [-0.1, -0.05) is 12.1 Å². The molecule has 0 saturated heterocycles. The molecule has 2 N–H and O–H groups in total. The van der Waals surface area contributed by atoms with Gasteiger partial charge in [0, 0.05) is 35.6 Å². The third-order valence-electron chi connectivity index (χ3n) is 5.02. The first kappa shape index (κ1) is 19.2. The van der Waals surface area contributed by atoms with Crippen LogP contribution in [0, 0.1) is 5.82 Å². The minimum Gasteiger partial charge on any atom is -0.326 e. The fourth-order valence-corrected chi connectivity index (χ4v) is 4.87. The van der Waals surface area contributed by atoms with Crippen molar-refractivity contribution in [2.45, 2.75) is 17.7 Å². The fourth-order valence-electron chi connectivity index (χ4n) is 3.50. The Morgan fingerprint density at radius 2 is 1.94 bits per heavy atom. The first-order valence-corrected chi connectivity index (χ1v) is 10.9. The van der Waals surface area contributed by atoms with E-state index in [1.54, 1.807) is 18.2 Å². The zero-order valence-corrected chi connectivity index (χ0v) is 16.9. The number of amides is 1. The molecule has 4 aromatic rings. The number of aryl methyl sites for hydroxylation is 1. The van der Waals surface area contributed by atoms with Gasteiger partial charge in [-0.15, -0.1) is 0 Å². The van der Waals surface area contributed by atoms with E-state index in [2.05, 4.69) is 20.6 Å². The van der Waals surface area contributed by atoms with Gasteiger partial charge in [0.1, 0.15) is 10.7 Å². The number of rotatable bonds is 4. The zero-order chi connectivity index (χ0) is 21.6. The molecule has 10 heteroatoms. The number of benzene rings is 2. The van der Waals surface area contributed by atoms with E-state index < -0.39 is 20.7 Å². The van der Waals surface area contributed by atoms with E-state index in [0.29, 0.717) is 23.9 Å². The highest BCUT2D eigenvalue weighted by Crippen LogP contribution is 2.28. The van der Waals surface area contributed by atoms with Crippen LogP contribution in [0.1, 0.15) is 12.0 Å². The Labute approximate surface area is 176 Å². The number of nitrogens with one attached hydrogen (secondary N) is 2. The van der Waals surface area contributed by atoms with Crippen molar-refractivity contribution < 1.29 is 17.6 Å². The number of fused-ring (bicyclic) bond motifs is 2. The first-order chi connectivity index (χ1) is 14.9. The molecule has 0 radical (unpaired) electrons. The lowest BCUT2D eigenvalue weighted by atomic mass is 10.0. The summed E-state index contributed by atoms with van der Waals surface area (Å²) in [5.74, 6) is -0.660. The third kappa shape index (κ3) is 3.40.